The number of carbonyl (C=O) groups excluding carboxylic acids is 1. The molecule has 0 bridgehead atoms. The quantitative estimate of drug-likeness (QED) is 0.851. The van der Waals surface area contributed by atoms with Gasteiger partial charge in [0.05, 0.1) is 11.2 Å². The Labute approximate surface area is 104 Å². The number of thiophene rings is 1. The van der Waals surface area contributed by atoms with Crippen molar-refractivity contribution in [1.82, 2.24) is 15.3 Å². The van der Waals surface area contributed by atoms with Crippen LogP contribution < -0.4 is 5.32 Å². The summed E-state index contributed by atoms with van der Waals surface area (Å²) in [5, 5.41) is 4.88. The largest absolute Gasteiger partial charge is 0.351 e. The van der Waals surface area contributed by atoms with Crippen LogP contribution in [0.25, 0.3) is 0 Å². The number of aromatic amines is 1. The van der Waals surface area contributed by atoms with E-state index >= 15 is 0 Å². The smallest absolute Gasteiger partial charge is 0.261 e. The maximum Gasteiger partial charge on any atom is 0.261 e. The van der Waals surface area contributed by atoms with Crippen LogP contribution in [0.15, 0.2) is 24.0 Å². The standard InChI is InChI=1S/C12H15N3OS/c1-2-9-4-6-17-11(9)12(16)14-5-3-10-7-13-8-15-10/h4,6-8H,2-3,5H2,1H3,(H,13,15)(H,14,16). The van der Waals surface area contributed by atoms with Gasteiger partial charge in [0.2, 0.25) is 0 Å². The molecule has 0 aliphatic rings. The van der Waals surface area contributed by atoms with Gasteiger partial charge < -0.3 is 10.3 Å². The van der Waals surface area contributed by atoms with Crippen molar-refractivity contribution in [3.8, 4) is 0 Å². The first-order valence-electron chi connectivity index (χ1n) is 5.63. The van der Waals surface area contributed by atoms with Gasteiger partial charge in [-0.2, -0.15) is 0 Å². The molecule has 0 spiro atoms. The van der Waals surface area contributed by atoms with Crippen molar-refractivity contribution in [1.29, 1.82) is 0 Å². The van der Waals surface area contributed by atoms with Crippen molar-refractivity contribution in [3.63, 3.8) is 0 Å². The van der Waals surface area contributed by atoms with Crippen molar-refractivity contribution in [2.24, 2.45) is 0 Å². The zero-order valence-corrected chi connectivity index (χ0v) is 10.5. The first-order chi connectivity index (χ1) is 8.31. The minimum Gasteiger partial charge on any atom is -0.351 e. The zero-order valence-electron chi connectivity index (χ0n) is 9.69. The van der Waals surface area contributed by atoms with Crippen molar-refractivity contribution in [2.75, 3.05) is 6.54 Å². The third kappa shape index (κ3) is 2.94. The Morgan fingerprint density at radius 1 is 1.59 bits per heavy atom. The summed E-state index contributed by atoms with van der Waals surface area (Å²) in [7, 11) is 0. The minimum atomic E-state index is 0.0244. The number of amides is 1. The number of aromatic nitrogens is 2. The van der Waals surface area contributed by atoms with Crippen LogP contribution in [0.4, 0.5) is 0 Å². The van der Waals surface area contributed by atoms with E-state index in [2.05, 4.69) is 22.2 Å². The Morgan fingerprint density at radius 2 is 2.47 bits per heavy atom. The molecule has 0 aromatic carbocycles. The lowest BCUT2D eigenvalue weighted by molar-refractivity contribution is 0.0957. The van der Waals surface area contributed by atoms with E-state index in [1.54, 1.807) is 12.5 Å². The number of nitrogens with one attached hydrogen (secondary N) is 2. The molecule has 0 fully saturated rings. The lowest BCUT2D eigenvalue weighted by Gasteiger charge is -2.04. The predicted octanol–water partition coefficient (Wildman–Crippen LogP) is 2.01. The van der Waals surface area contributed by atoms with E-state index in [9.17, 15) is 4.79 Å². The Bertz CT molecular complexity index is 476. The molecule has 5 heteroatoms. The first kappa shape index (κ1) is 11.9. The molecule has 0 atom stereocenters. The van der Waals surface area contributed by atoms with E-state index < -0.39 is 0 Å². The number of imidazole rings is 1. The Morgan fingerprint density at radius 3 is 3.18 bits per heavy atom. The Hall–Kier alpha value is -1.62. The van der Waals surface area contributed by atoms with Gasteiger partial charge in [-0.15, -0.1) is 11.3 Å². The highest BCUT2D eigenvalue weighted by Gasteiger charge is 2.11. The average molecular weight is 249 g/mol. The van der Waals surface area contributed by atoms with Crippen LogP contribution >= 0.6 is 11.3 Å². The second-order valence-electron chi connectivity index (χ2n) is 3.71. The van der Waals surface area contributed by atoms with Gasteiger partial charge in [0, 0.05) is 24.9 Å². The molecule has 2 aromatic heterocycles. The van der Waals surface area contributed by atoms with Gasteiger partial charge in [0.15, 0.2) is 0 Å². The van der Waals surface area contributed by atoms with Crippen LogP contribution in [0.3, 0.4) is 0 Å². The molecule has 2 aromatic rings. The van der Waals surface area contributed by atoms with E-state index in [0.29, 0.717) is 6.54 Å². The van der Waals surface area contributed by atoms with Crippen molar-refractivity contribution in [3.05, 3.63) is 40.1 Å². The average Bonchev–Trinajstić information content (AvgIpc) is 2.99. The van der Waals surface area contributed by atoms with Crippen LogP contribution in [0, 0.1) is 0 Å². The van der Waals surface area contributed by atoms with Crippen LogP contribution in [-0.2, 0) is 12.8 Å². The van der Waals surface area contributed by atoms with E-state index in [1.165, 1.54) is 11.3 Å². The minimum absolute atomic E-state index is 0.0244. The van der Waals surface area contributed by atoms with Crippen molar-refractivity contribution < 1.29 is 4.79 Å². The van der Waals surface area contributed by atoms with Crippen molar-refractivity contribution in [2.45, 2.75) is 19.8 Å². The van der Waals surface area contributed by atoms with Crippen LogP contribution in [0.1, 0.15) is 27.9 Å². The first-order valence-corrected chi connectivity index (χ1v) is 6.51. The highest BCUT2D eigenvalue weighted by molar-refractivity contribution is 7.12. The second-order valence-corrected chi connectivity index (χ2v) is 4.63. The number of hydrogen-bond acceptors (Lipinski definition) is 3. The van der Waals surface area contributed by atoms with Gasteiger partial charge in [-0.05, 0) is 23.4 Å². The maximum absolute atomic E-state index is 11.9. The molecule has 0 saturated heterocycles. The zero-order chi connectivity index (χ0) is 12.1. The molecule has 2 rings (SSSR count). The molecule has 4 nitrogen and oxygen atoms in total. The topological polar surface area (TPSA) is 57.8 Å². The fourth-order valence-electron chi connectivity index (χ4n) is 1.63. The van der Waals surface area contributed by atoms with Gasteiger partial charge in [0.25, 0.3) is 5.91 Å². The van der Waals surface area contributed by atoms with Gasteiger partial charge in [-0.25, -0.2) is 4.98 Å². The summed E-state index contributed by atoms with van der Waals surface area (Å²) in [6, 6.07) is 2.01. The molecule has 17 heavy (non-hydrogen) atoms. The van der Waals surface area contributed by atoms with Gasteiger partial charge in [0.1, 0.15) is 0 Å². The number of aryl methyl sites for hydroxylation is 1. The summed E-state index contributed by atoms with van der Waals surface area (Å²) in [6.07, 6.45) is 5.09. The Kier molecular flexibility index (Phi) is 3.93. The lowest BCUT2D eigenvalue weighted by atomic mass is 10.2. The molecular formula is C12H15N3OS. The lowest BCUT2D eigenvalue weighted by Crippen LogP contribution is -2.25. The molecule has 0 aliphatic heterocycles. The van der Waals surface area contributed by atoms with Crippen molar-refractivity contribution >= 4 is 17.2 Å². The number of rotatable bonds is 5. The number of H-pyrrole nitrogens is 1. The van der Waals surface area contributed by atoms with Gasteiger partial charge in [-0.1, -0.05) is 6.92 Å². The maximum atomic E-state index is 11.9. The molecule has 1 amide bonds. The van der Waals surface area contributed by atoms with Gasteiger partial charge >= 0.3 is 0 Å². The summed E-state index contributed by atoms with van der Waals surface area (Å²) in [5.41, 5.74) is 2.15. The molecule has 0 radical (unpaired) electrons. The molecule has 0 aliphatic carbocycles. The fourth-order valence-corrected chi connectivity index (χ4v) is 2.54. The van der Waals surface area contributed by atoms with E-state index in [-0.39, 0.29) is 5.91 Å². The SMILES string of the molecule is CCc1ccsc1C(=O)NCCc1cnc[nH]1. The number of hydrogen-bond donors (Lipinski definition) is 2. The molecular weight excluding hydrogens is 234 g/mol. The number of carbonyl (C=O) groups is 1. The molecule has 2 N–H and O–H groups in total. The summed E-state index contributed by atoms with van der Waals surface area (Å²) >= 11 is 1.50. The molecule has 2 heterocycles. The summed E-state index contributed by atoms with van der Waals surface area (Å²) in [4.78, 5) is 19.7. The van der Waals surface area contributed by atoms with Gasteiger partial charge in [-0.3, -0.25) is 4.79 Å². The van der Waals surface area contributed by atoms with Crippen LogP contribution in [0.5, 0.6) is 0 Å². The Balaban J connectivity index is 1.85. The second kappa shape index (κ2) is 5.63. The molecule has 90 valence electrons. The van der Waals surface area contributed by atoms with Crippen LogP contribution in [0.2, 0.25) is 0 Å². The third-order valence-electron chi connectivity index (χ3n) is 2.57. The number of nitrogens with zero attached hydrogens (tertiary/aromatic N) is 1. The highest BCUT2D eigenvalue weighted by atomic mass is 32.1. The normalized spacial score (nSPS) is 10.4. The summed E-state index contributed by atoms with van der Waals surface area (Å²) in [6.45, 7) is 2.69. The fraction of sp³-hybridized carbons (Fsp3) is 0.333. The van der Waals surface area contributed by atoms with E-state index in [0.717, 1.165) is 29.0 Å². The van der Waals surface area contributed by atoms with E-state index in [4.69, 9.17) is 0 Å². The third-order valence-corrected chi connectivity index (χ3v) is 3.52. The highest BCUT2D eigenvalue weighted by Crippen LogP contribution is 2.16. The molecule has 0 unspecified atom stereocenters. The summed E-state index contributed by atoms with van der Waals surface area (Å²) < 4.78 is 0. The van der Waals surface area contributed by atoms with Crippen LogP contribution in [-0.4, -0.2) is 22.4 Å². The summed E-state index contributed by atoms with van der Waals surface area (Å²) in [5.74, 6) is 0.0244. The predicted molar refractivity (Wildman–Crippen MR) is 68.3 cm³/mol. The monoisotopic (exact) mass is 249 g/mol. The molecule has 0 saturated carbocycles. The van der Waals surface area contributed by atoms with E-state index in [1.807, 2.05) is 11.4 Å².